The first-order valence-corrected chi connectivity index (χ1v) is 7.67. The van der Waals surface area contributed by atoms with Crippen LogP contribution in [0.1, 0.15) is 26.0 Å². The van der Waals surface area contributed by atoms with E-state index >= 15 is 0 Å². The highest BCUT2D eigenvalue weighted by Crippen LogP contribution is 2.07. The molecule has 0 atom stereocenters. The molecule has 7 nitrogen and oxygen atoms in total. The van der Waals surface area contributed by atoms with E-state index in [1.54, 1.807) is 10.9 Å². The Morgan fingerprint density at radius 1 is 1.33 bits per heavy atom. The van der Waals surface area contributed by atoms with E-state index in [0.29, 0.717) is 12.2 Å². The van der Waals surface area contributed by atoms with Gasteiger partial charge in [0, 0.05) is 32.7 Å². The molecule has 1 aromatic heterocycles. The van der Waals surface area contributed by atoms with Crippen molar-refractivity contribution >= 4 is 5.91 Å². The molecule has 0 radical (unpaired) electrons. The highest BCUT2D eigenvalue weighted by atomic mass is 16.2. The second kappa shape index (κ2) is 7.51. The van der Waals surface area contributed by atoms with Gasteiger partial charge in [-0.15, -0.1) is 5.10 Å². The minimum Gasteiger partial charge on any atom is -0.339 e. The molecule has 2 heterocycles. The summed E-state index contributed by atoms with van der Waals surface area (Å²) in [6.45, 7) is 9.74. The summed E-state index contributed by atoms with van der Waals surface area (Å²) in [5.41, 5.74) is 6.19. The van der Waals surface area contributed by atoms with Crippen molar-refractivity contribution in [3.63, 3.8) is 0 Å². The Kier molecular flexibility index (Phi) is 5.69. The topological polar surface area (TPSA) is 80.3 Å². The fourth-order valence-electron chi connectivity index (χ4n) is 2.41. The summed E-state index contributed by atoms with van der Waals surface area (Å²) in [4.78, 5) is 16.6. The van der Waals surface area contributed by atoms with E-state index in [0.717, 1.165) is 38.6 Å². The highest BCUT2D eigenvalue weighted by Gasteiger charge is 2.21. The zero-order valence-electron chi connectivity index (χ0n) is 13.0. The summed E-state index contributed by atoms with van der Waals surface area (Å²) in [6, 6.07) is 0. The minimum absolute atomic E-state index is 0.104. The third kappa shape index (κ3) is 4.78. The lowest BCUT2D eigenvalue weighted by atomic mass is 10.1. The van der Waals surface area contributed by atoms with Gasteiger partial charge in [0.15, 0.2) is 0 Å². The molecular formula is C14H26N6O. The lowest BCUT2D eigenvalue weighted by molar-refractivity contribution is -0.133. The Morgan fingerprint density at radius 3 is 2.62 bits per heavy atom. The summed E-state index contributed by atoms with van der Waals surface area (Å²) in [5, 5.41) is 7.81. The molecule has 1 aliphatic rings. The lowest BCUT2D eigenvalue weighted by Crippen LogP contribution is -2.49. The molecule has 21 heavy (non-hydrogen) atoms. The number of nitrogens with zero attached hydrogens (tertiary/aromatic N) is 5. The molecule has 7 heteroatoms. The number of nitrogens with two attached hydrogens (primary N) is 1. The average Bonchev–Trinajstić information content (AvgIpc) is 2.93. The van der Waals surface area contributed by atoms with Gasteiger partial charge in [0.2, 0.25) is 5.91 Å². The van der Waals surface area contributed by atoms with Crippen molar-refractivity contribution in [2.24, 2.45) is 11.7 Å². The van der Waals surface area contributed by atoms with Crippen LogP contribution in [0.2, 0.25) is 0 Å². The van der Waals surface area contributed by atoms with Gasteiger partial charge in [-0.05, 0) is 18.9 Å². The maximum Gasteiger partial charge on any atom is 0.244 e. The van der Waals surface area contributed by atoms with Gasteiger partial charge in [-0.1, -0.05) is 19.1 Å². The van der Waals surface area contributed by atoms with Crippen molar-refractivity contribution in [3.8, 4) is 0 Å². The van der Waals surface area contributed by atoms with E-state index in [4.69, 9.17) is 5.73 Å². The second-order valence-corrected chi connectivity index (χ2v) is 6.02. The van der Waals surface area contributed by atoms with Crippen molar-refractivity contribution in [2.75, 3.05) is 32.7 Å². The van der Waals surface area contributed by atoms with E-state index in [1.165, 1.54) is 6.42 Å². The van der Waals surface area contributed by atoms with Crippen LogP contribution in [-0.2, 0) is 17.9 Å². The van der Waals surface area contributed by atoms with Crippen molar-refractivity contribution < 1.29 is 4.79 Å². The Morgan fingerprint density at radius 2 is 2.05 bits per heavy atom. The highest BCUT2D eigenvalue weighted by molar-refractivity contribution is 5.76. The van der Waals surface area contributed by atoms with Crippen molar-refractivity contribution in [3.05, 3.63) is 11.9 Å². The molecule has 1 aliphatic heterocycles. The molecule has 0 spiro atoms. The zero-order chi connectivity index (χ0) is 15.2. The van der Waals surface area contributed by atoms with Gasteiger partial charge >= 0.3 is 0 Å². The number of piperazine rings is 1. The van der Waals surface area contributed by atoms with E-state index in [2.05, 4.69) is 29.1 Å². The molecule has 1 aromatic rings. The number of carbonyl (C=O) groups excluding carboxylic acids is 1. The molecule has 0 bridgehead atoms. The number of amides is 1. The van der Waals surface area contributed by atoms with Gasteiger partial charge in [0.1, 0.15) is 6.54 Å². The van der Waals surface area contributed by atoms with Crippen LogP contribution in [0.15, 0.2) is 6.20 Å². The van der Waals surface area contributed by atoms with Crippen LogP contribution in [0.25, 0.3) is 0 Å². The molecule has 0 aliphatic carbocycles. The van der Waals surface area contributed by atoms with E-state index < -0.39 is 0 Å². The molecule has 0 unspecified atom stereocenters. The Labute approximate surface area is 126 Å². The normalized spacial score (nSPS) is 16.7. The standard InChI is InChI=1S/C14H26N6O/c1-12(2)3-4-18-5-7-19(8-6-18)14(21)11-20-10-13(9-15)16-17-20/h10,12H,3-9,11,15H2,1-2H3. The quantitative estimate of drug-likeness (QED) is 0.794. The van der Waals surface area contributed by atoms with Gasteiger partial charge in [0.25, 0.3) is 0 Å². The SMILES string of the molecule is CC(C)CCN1CCN(C(=O)Cn2cc(CN)nn2)CC1. The van der Waals surface area contributed by atoms with Gasteiger partial charge in [-0.3, -0.25) is 9.69 Å². The summed E-state index contributed by atoms with van der Waals surface area (Å²) >= 11 is 0. The van der Waals surface area contributed by atoms with E-state index in [1.807, 2.05) is 4.90 Å². The van der Waals surface area contributed by atoms with Crippen LogP contribution < -0.4 is 5.73 Å². The number of hydrogen-bond donors (Lipinski definition) is 1. The maximum atomic E-state index is 12.2. The Balaban J connectivity index is 1.75. The van der Waals surface area contributed by atoms with Crippen LogP contribution >= 0.6 is 0 Å². The van der Waals surface area contributed by atoms with Gasteiger partial charge in [-0.2, -0.15) is 0 Å². The van der Waals surface area contributed by atoms with Crippen LogP contribution in [0.4, 0.5) is 0 Å². The minimum atomic E-state index is 0.104. The molecule has 1 fully saturated rings. The molecule has 1 saturated heterocycles. The largest absolute Gasteiger partial charge is 0.339 e. The first kappa shape index (κ1) is 15.9. The number of hydrogen-bond acceptors (Lipinski definition) is 5. The van der Waals surface area contributed by atoms with E-state index in [-0.39, 0.29) is 12.5 Å². The third-order valence-electron chi connectivity index (χ3n) is 3.84. The lowest BCUT2D eigenvalue weighted by Gasteiger charge is -2.35. The van der Waals surface area contributed by atoms with Crippen LogP contribution in [-0.4, -0.2) is 63.4 Å². The molecule has 1 amide bonds. The third-order valence-corrected chi connectivity index (χ3v) is 3.84. The summed E-state index contributed by atoms with van der Waals surface area (Å²) in [5.74, 6) is 0.834. The smallest absolute Gasteiger partial charge is 0.244 e. The summed E-state index contributed by atoms with van der Waals surface area (Å²) in [6.07, 6.45) is 2.95. The fourth-order valence-corrected chi connectivity index (χ4v) is 2.41. The van der Waals surface area contributed by atoms with Gasteiger partial charge in [0.05, 0.1) is 11.9 Å². The first-order valence-electron chi connectivity index (χ1n) is 7.67. The Bertz CT molecular complexity index is 450. The zero-order valence-corrected chi connectivity index (χ0v) is 13.0. The number of rotatable bonds is 6. The van der Waals surface area contributed by atoms with Gasteiger partial charge < -0.3 is 10.6 Å². The Hall–Kier alpha value is -1.47. The molecule has 2 N–H and O–H groups in total. The summed E-state index contributed by atoms with van der Waals surface area (Å²) < 4.78 is 1.57. The number of carbonyl (C=O) groups is 1. The summed E-state index contributed by atoms with van der Waals surface area (Å²) in [7, 11) is 0. The number of aromatic nitrogens is 3. The molecule has 0 aromatic carbocycles. The average molecular weight is 294 g/mol. The van der Waals surface area contributed by atoms with Gasteiger partial charge in [-0.25, -0.2) is 4.68 Å². The van der Waals surface area contributed by atoms with Crippen LogP contribution in [0, 0.1) is 5.92 Å². The van der Waals surface area contributed by atoms with Crippen LogP contribution in [0.3, 0.4) is 0 Å². The molecule has 2 rings (SSSR count). The van der Waals surface area contributed by atoms with Crippen LogP contribution in [0.5, 0.6) is 0 Å². The molecule has 118 valence electrons. The monoisotopic (exact) mass is 294 g/mol. The predicted molar refractivity (Wildman–Crippen MR) is 80.4 cm³/mol. The molecule has 0 saturated carbocycles. The fraction of sp³-hybridized carbons (Fsp3) is 0.786. The predicted octanol–water partition coefficient (Wildman–Crippen LogP) is -0.0729. The van der Waals surface area contributed by atoms with Crippen molar-refractivity contribution in [1.82, 2.24) is 24.8 Å². The molecular weight excluding hydrogens is 268 g/mol. The maximum absolute atomic E-state index is 12.2. The van der Waals surface area contributed by atoms with E-state index in [9.17, 15) is 4.79 Å². The first-order chi connectivity index (χ1) is 10.1. The van der Waals surface area contributed by atoms with Crippen molar-refractivity contribution in [1.29, 1.82) is 0 Å². The second-order valence-electron chi connectivity index (χ2n) is 6.02. The van der Waals surface area contributed by atoms with Crippen molar-refractivity contribution in [2.45, 2.75) is 33.4 Å².